The Bertz CT molecular complexity index is 191. The average Bonchev–Trinajstić information content (AvgIpc) is 1.90. The maximum Gasteiger partial charge on any atom is 0.0255 e. The molecule has 0 bridgehead atoms. The summed E-state index contributed by atoms with van der Waals surface area (Å²) in [6.07, 6.45) is 6.68. The lowest BCUT2D eigenvalue weighted by Crippen LogP contribution is -1.66. The molecule has 0 nitrogen and oxygen atoms in total. The van der Waals surface area contributed by atoms with Crippen molar-refractivity contribution in [3.63, 3.8) is 0 Å². The van der Waals surface area contributed by atoms with Gasteiger partial charge in [0.1, 0.15) is 0 Å². The second kappa shape index (κ2) is 2.18. The maximum atomic E-state index is 6.68. The lowest BCUT2D eigenvalue weighted by atomic mass is 10.2. The molecule has 0 fully saturated rings. The highest BCUT2D eigenvalue weighted by atomic mass is 13.8. The van der Waals surface area contributed by atoms with E-state index in [1.807, 2.05) is 0 Å². The maximum absolute atomic E-state index is 6.68. The molecular formula is C8H4. The van der Waals surface area contributed by atoms with Gasteiger partial charge in [-0.1, -0.05) is 18.1 Å². The van der Waals surface area contributed by atoms with Crippen molar-refractivity contribution in [3.8, 4) is 5.92 Å². The topological polar surface area (TPSA) is 0 Å². The monoisotopic (exact) mass is 100 g/mol. The van der Waals surface area contributed by atoms with E-state index in [4.69, 9.17) is 6.42 Å². The zero-order valence-corrected chi connectivity index (χ0v) is 4.31. The molecule has 0 heterocycles. The molecule has 0 aliphatic carbocycles. The van der Waals surface area contributed by atoms with Crippen LogP contribution in [0.4, 0.5) is 0 Å². The van der Waals surface area contributed by atoms with Gasteiger partial charge < -0.3 is 0 Å². The Morgan fingerprint density at radius 2 is 2.00 bits per heavy atom. The largest absolute Gasteiger partial charge is 0.0531 e. The Morgan fingerprint density at radius 1 is 1.38 bits per heavy atom. The van der Waals surface area contributed by atoms with Crippen LogP contribution in [0.5, 0.6) is 0 Å². The molecule has 0 aromatic heterocycles. The molecule has 0 amide bonds. The number of hydrogen-bond donors (Lipinski definition) is 0. The lowest BCUT2D eigenvalue weighted by molar-refractivity contribution is 1.64. The molecule has 8 heavy (non-hydrogen) atoms. The van der Waals surface area contributed by atoms with Crippen LogP contribution in [0.25, 0.3) is 0 Å². The Morgan fingerprint density at radius 3 is 2.38 bits per heavy atom. The number of hydrogen-bond acceptors (Lipinski definition) is 0. The van der Waals surface area contributed by atoms with Crippen molar-refractivity contribution >= 4 is 0 Å². The van der Waals surface area contributed by atoms with E-state index in [1.165, 1.54) is 0 Å². The molecule has 1 aromatic carbocycles. The van der Waals surface area contributed by atoms with E-state index in [2.05, 4.69) is 12.0 Å². The fraction of sp³-hybridized carbons (Fsp3) is 0. The summed E-state index contributed by atoms with van der Waals surface area (Å²) < 4.78 is 0. The van der Waals surface area contributed by atoms with Gasteiger partial charge in [-0.3, -0.25) is 0 Å². The fourth-order valence-electron chi connectivity index (χ4n) is 0.470. The molecule has 1 rings (SSSR count). The normalized spacial score (nSPS) is 7.88. The second-order valence-electron chi connectivity index (χ2n) is 1.41. The van der Waals surface area contributed by atoms with Gasteiger partial charge in [0, 0.05) is 5.56 Å². The van der Waals surface area contributed by atoms with Gasteiger partial charge in [0.15, 0.2) is 0 Å². The molecule has 36 valence electrons. The van der Waals surface area contributed by atoms with Gasteiger partial charge >= 0.3 is 0 Å². The van der Waals surface area contributed by atoms with E-state index in [1.54, 1.807) is 24.3 Å². The standard InChI is InChI=1S/C8H4/c1-2-8-6-4-3-5-7-8/h4-7H. The molecule has 0 atom stereocenters. The Labute approximate surface area is 49.2 Å². The minimum atomic E-state index is 0.795. The van der Waals surface area contributed by atoms with Crippen molar-refractivity contribution in [2.24, 2.45) is 0 Å². The van der Waals surface area contributed by atoms with Crippen molar-refractivity contribution in [3.05, 3.63) is 42.3 Å². The summed E-state index contributed by atoms with van der Waals surface area (Å²) in [4.78, 5) is 0. The Kier molecular flexibility index (Phi) is 1.34. The summed E-state index contributed by atoms with van der Waals surface area (Å²) in [7, 11) is 0. The summed E-state index contributed by atoms with van der Waals surface area (Å²) >= 11 is 0. The van der Waals surface area contributed by atoms with E-state index < -0.39 is 0 Å². The van der Waals surface area contributed by atoms with Crippen molar-refractivity contribution in [1.29, 1.82) is 0 Å². The highest BCUT2D eigenvalue weighted by molar-refractivity contribution is 5.28. The van der Waals surface area contributed by atoms with Crippen LogP contribution in [0.2, 0.25) is 0 Å². The van der Waals surface area contributed by atoms with Gasteiger partial charge in [-0.25, -0.2) is 0 Å². The summed E-state index contributed by atoms with van der Waals surface area (Å²) in [5.41, 5.74) is 0.795. The van der Waals surface area contributed by atoms with E-state index >= 15 is 0 Å². The first-order chi connectivity index (χ1) is 3.93. The van der Waals surface area contributed by atoms with Crippen LogP contribution in [-0.4, -0.2) is 0 Å². The van der Waals surface area contributed by atoms with Crippen molar-refractivity contribution in [2.75, 3.05) is 0 Å². The number of rotatable bonds is 0. The molecule has 0 spiro atoms. The van der Waals surface area contributed by atoms with E-state index in [0.717, 1.165) is 5.56 Å². The molecule has 0 aliphatic rings. The molecule has 0 N–H and O–H groups in total. The van der Waals surface area contributed by atoms with E-state index in [-0.39, 0.29) is 0 Å². The molecule has 0 heteroatoms. The van der Waals surface area contributed by atoms with Crippen LogP contribution in [-0.2, 0) is 0 Å². The average molecular weight is 100 g/mol. The summed E-state index contributed by atoms with van der Waals surface area (Å²) in [5.74, 6) is 2.26. The third-order valence-corrected chi connectivity index (χ3v) is 0.863. The first kappa shape index (κ1) is 4.93. The molecule has 0 aliphatic heterocycles. The first-order valence-corrected chi connectivity index (χ1v) is 2.32. The number of benzene rings is 1. The van der Waals surface area contributed by atoms with E-state index in [0.29, 0.717) is 0 Å². The minimum Gasteiger partial charge on any atom is -0.0531 e. The molecule has 1 aromatic rings. The van der Waals surface area contributed by atoms with Crippen molar-refractivity contribution in [1.82, 2.24) is 0 Å². The smallest absolute Gasteiger partial charge is 0.0255 e. The quantitative estimate of drug-likeness (QED) is 0.432. The molecule has 2 radical (unpaired) electrons. The van der Waals surface area contributed by atoms with Crippen LogP contribution in [0, 0.1) is 18.4 Å². The SMILES string of the molecule is [C]#Cc1cc[c]cc1. The summed E-state index contributed by atoms with van der Waals surface area (Å²) in [6.45, 7) is 0. The molecule has 0 saturated heterocycles. The highest BCUT2D eigenvalue weighted by Crippen LogP contribution is 1.92. The van der Waals surface area contributed by atoms with Crippen LogP contribution in [0.15, 0.2) is 24.3 Å². The molecule has 0 saturated carbocycles. The van der Waals surface area contributed by atoms with Crippen molar-refractivity contribution in [2.45, 2.75) is 0 Å². The van der Waals surface area contributed by atoms with Crippen LogP contribution >= 0.6 is 0 Å². The predicted molar refractivity (Wildman–Crippen MR) is 31.5 cm³/mol. The van der Waals surface area contributed by atoms with Crippen molar-refractivity contribution < 1.29 is 0 Å². The van der Waals surface area contributed by atoms with Crippen LogP contribution in [0.1, 0.15) is 5.56 Å². The molecular weight excluding hydrogens is 96.1 g/mol. The van der Waals surface area contributed by atoms with Gasteiger partial charge in [-0.05, 0) is 24.6 Å². The zero-order valence-electron chi connectivity index (χ0n) is 4.31. The predicted octanol–water partition coefficient (Wildman–Crippen LogP) is 1.42. The van der Waals surface area contributed by atoms with E-state index in [9.17, 15) is 0 Å². The minimum absolute atomic E-state index is 0.795. The third kappa shape index (κ3) is 0.886. The zero-order chi connectivity index (χ0) is 5.82. The van der Waals surface area contributed by atoms with Crippen LogP contribution in [0.3, 0.4) is 0 Å². The van der Waals surface area contributed by atoms with Gasteiger partial charge in [0.2, 0.25) is 0 Å². The Hall–Kier alpha value is -1.22. The second-order valence-corrected chi connectivity index (χ2v) is 1.41. The summed E-state index contributed by atoms with van der Waals surface area (Å²) in [6, 6.07) is 9.93. The third-order valence-electron chi connectivity index (χ3n) is 0.863. The van der Waals surface area contributed by atoms with Gasteiger partial charge in [-0.15, -0.1) is 0 Å². The summed E-state index contributed by atoms with van der Waals surface area (Å²) in [5, 5.41) is 0. The first-order valence-electron chi connectivity index (χ1n) is 2.32. The van der Waals surface area contributed by atoms with Crippen LogP contribution < -0.4 is 0 Å². The van der Waals surface area contributed by atoms with Gasteiger partial charge in [0.05, 0.1) is 0 Å². The van der Waals surface area contributed by atoms with Gasteiger partial charge in [-0.2, -0.15) is 0 Å². The van der Waals surface area contributed by atoms with Gasteiger partial charge in [0.25, 0.3) is 0 Å². The molecule has 0 unspecified atom stereocenters. The fourth-order valence-corrected chi connectivity index (χ4v) is 0.470. The highest BCUT2D eigenvalue weighted by Gasteiger charge is 1.77. The Balaban J connectivity index is 3.05. The lowest BCUT2D eigenvalue weighted by Gasteiger charge is -1.81.